The number of pyridine rings is 2. The molecule has 1 saturated heterocycles. The molecule has 0 radical (unpaired) electrons. The number of amides is 2. The number of nitrogens with zero attached hydrogens (tertiary/aromatic N) is 5. The lowest BCUT2D eigenvalue weighted by molar-refractivity contribution is -0.126. The smallest absolute Gasteiger partial charge is 0.255 e. The number of hydrogen-bond donors (Lipinski definition) is 2. The molecule has 2 fully saturated rings. The van der Waals surface area contributed by atoms with Gasteiger partial charge in [0.2, 0.25) is 17.7 Å². The first-order chi connectivity index (χ1) is 25.9. The number of H-pyrrole nitrogens is 1. The molecular formula is C41H33N7O5. The number of benzene rings is 2. The van der Waals surface area contributed by atoms with Crippen LogP contribution in [-0.2, 0) is 11.3 Å². The summed E-state index contributed by atoms with van der Waals surface area (Å²) >= 11 is 0. The zero-order valence-corrected chi connectivity index (χ0v) is 28.5. The van der Waals surface area contributed by atoms with Crippen LogP contribution in [0.2, 0.25) is 0 Å². The average Bonchev–Trinajstić information content (AvgIpc) is 3.69. The molecule has 0 bridgehead atoms. The molecule has 1 atom stereocenters. The molecule has 6 aromatic rings. The van der Waals surface area contributed by atoms with E-state index in [1.165, 1.54) is 0 Å². The van der Waals surface area contributed by atoms with Crippen molar-refractivity contribution >= 4 is 33.6 Å². The topological polar surface area (TPSA) is 144 Å². The monoisotopic (exact) mass is 703 g/mol. The van der Waals surface area contributed by atoms with Gasteiger partial charge in [0, 0.05) is 88.7 Å². The molecule has 3 aliphatic rings. The molecule has 1 aliphatic carbocycles. The van der Waals surface area contributed by atoms with Crippen LogP contribution in [0.3, 0.4) is 0 Å². The van der Waals surface area contributed by atoms with Crippen LogP contribution < -0.4 is 19.5 Å². The zero-order valence-electron chi connectivity index (χ0n) is 28.5. The van der Waals surface area contributed by atoms with Gasteiger partial charge >= 0.3 is 0 Å². The maximum atomic E-state index is 13.0. The number of ether oxygens (including phenoxy) is 3. The number of aromatic nitrogens is 5. The molecule has 2 aromatic carbocycles. The predicted molar refractivity (Wildman–Crippen MR) is 196 cm³/mol. The summed E-state index contributed by atoms with van der Waals surface area (Å²) in [7, 11) is 0. The largest absolute Gasteiger partial charge is 0.481 e. The number of rotatable bonds is 8. The van der Waals surface area contributed by atoms with Crippen LogP contribution in [0.15, 0.2) is 97.6 Å². The Morgan fingerprint density at radius 1 is 0.868 bits per heavy atom. The highest BCUT2D eigenvalue weighted by molar-refractivity contribution is 6.07. The molecular weight excluding hydrogens is 670 g/mol. The fourth-order valence-electron chi connectivity index (χ4n) is 7.01. The van der Waals surface area contributed by atoms with Crippen molar-refractivity contribution in [3.8, 4) is 40.5 Å². The Morgan fingerprint density at radius 3 is 2.53 bits per heavy atom. The number of fused-ring (bicyclic) bond motifs is 4. The van der Waals surface area contributed by atoms with Gasteiger partial charge in [-0.15, -0.1) is 10.2 Å². The molecule has 6 heterocycles. The lowest BCUT2D eigenvalue weighted by Crippen LogP contribution is -2.49. The number of aromatic amines is 1. The average molecular weight is 704 g/mol. The van der Waals surface area contributed by atoms with Gasteiger partial charge in [-0.25, -0.2) is 4.98 Å². The highest BCUT2D eigenvalue weighted by Crippen LogP contribution is 2.33. The minimum Gasteiger partial charge on any atom is -0.481 e. The Balaban J connectivity index is 0.724. The van der Waals surface area contributed by atoms with Gasteiger partial charge in [-0.2, -0.15) is 0 Å². The first-order valence-corrected chi connectivity index (χ1v) is 17.5. The standard InChI is InChI=1S/C41H33N7O5/c1-24-4-11-37(40(49)44-24)48-23-27-17-29(8-10-32(27)41(48)50)51-16-2-3-28-7-13-39(47-46-28)53-31-19-30(20-31)52-38-12-6-26(21-43-38)25-5-9-33-34-22-42-15-14-35(34)45-36(33)18-25/h5-10,12-15,17-18,21-22,30-31,37,45H,1,4,11,16,19-20,23H2,(H,44,49). The number of piperidine rings is 1. The maximum absolute atomic E-state index is 13.0. The maximum Gasteiger partial charge on any atom is 0.255 e. The van der Waals surface area contributed by atoms with Crippen LogP contribution in [0.25, 0.3) is 32.9 Å². The van der Waals surface area contributed by atoms with Crippen LogP contribution in [0, 0.1) is 11.8 Å². The SMILES string of the molecule is C=C1CCC(N2Cc3cc(OCC#Cc4ccc(OC5CC(Oc6ccc(-c7ccc8c(c7)[nH]c7ccncc78)cn6)C5)nn4)ccc3C2=O)C(=O)N1. The molecule has 1 unspecified atom stereocenters. The van der Waals surface area contributed by atoms with Crippen molar-refractivity contribution in [3.05, 3.63) is 114 Å². The summed E-state index contributed by atoms with van der Waals surface area (Å²) in [5.41, 5.74) is 6.79. The van der Waals surface area contributed by atoms with E-state index >= 15 is 0 Å². The molecule has 0 spiro atoms. The molecule has 2 amide bonds. The molecule has 2 aliphatic heterocycles. The Hall–Kier alpha value is -6.74. The van der Waals surface area contributed by atoms with E-state index < -0.39 is 6.04 Å². The number of nitrogens with one attached hydrogen (secondary N) is 2. The van der Waals surface area contributed by atoms with Crippen LogP contribution in [0.4, 0.5) is 0 Å². The fourth-order valence-corrected chi connectivity index (χ4v) is 7.01. The van der Waals surface area contributed by atoms with E-state index in [0.717, 1.165) is 51.3 Å². The van der Waals surface area contributed by atoms with E-state index in [9.17, 15) is 9.59 Å². The van der Waals surface area contributed by atoms with Gasteiger partial charge in [0.05, 0.1) is 0 Å². The predicted octanol–water partition coefficient (Wildman–Crippen LogP) is 5.74. The normalized spacial score (nSPS) is 19.3. The third kappa shape index (κ3) is 6.49. The zero-order chi connectivity index (χ0) is 35.9. The molecule has 12 nitrogen and oxygen atoms in total. The van der Waals surface area contributed by atoms with Gasteiger partial charge in [-0.1, -0.05) is 24.6 Å². The minimum absolute atomic E-state index is 0.0112. The highest BCUT2D eigenvalue weighted by atomic mass is 16.5. The summed E-state index contributed by atoms with van der Waals surface area (Å²) in [4.78, 5) is 39.3. The molecule has 1 saturated carbocycles. The lowest BCUT2D eigenvalue weighted by atomic mass is 9.92. The van der Waals surface area contributed by atoms with Crippen LogP contribution in [-0.4, -0.2) is 66.7 Å². The van der Waals surface area contributed by atoms with E-state index in [1.54, 1.807) is 35.4 Å². The molecule has 9 rings (SSSR count). The van der Waals surface area contributed by atoms with Gasteiger partial charge in [-0.3, -0.25) is 14.6 Å². The van der Waals surface area contributed by atoms with Crippen molar-refractivity contribution in [1.82, 2.24) is 35.4 Å². The van der Waals surface area contributed by atoms with E-state index in [2.05, 4.69) is 67.1 Å². The van der Waals surface area contributed by atoms with Gasteiger partial charge in [-0.05, 0) is 72.4 Å². The Morgan fingerprint density at radius 2 is 1.72 bits per heavy atom. The van der Waals surface area contributed by atoms with Crippen molar-refractivity contribution in [2.24, 2.45) is 0 Å². The van der Waals surface area contributed by atoms with Gasteiger partial charge in [0.25, 0.3) is 5.91 Å². The fraction of sp³-hybridized carbons (Fsp3) is 0.220. The summed E-state index contributed by atoms with van der Waals surface area (Å²) < 4.78 is 17.9. The third-order valence-corrected chi connectivity index (χ3v) is 9.87. The number of allylic oxidation sites excluding steroid dienone is 1. The summed E-state index contributed by atoms with van der Waals surface area (Å²) in [5, 5.41) is 13.4. The lowest BCUT2D eigenvalue weighted by Gasteiger charge is -2.34. The van der Waals surface area contributed by atoms with Gasteiger partial charge in [0.15, 0.2) is 0 Å². The van der Waals surface area contributed by atoms with Crippen LogP contribution >= 0.6 is 0 Å². The second kappa shape index (κ2) is 13.4. The molecule has 4 aromatic heterocycles. The second-order valence-electron chi connectivity index (χ2n) is 13.4. The molecule has 262 valence electrons. The summed E-state index contributed by atoms with van der Waals surface area (Å²) in [6.45, 7) is 4.30. The first-order valence-electron chi connectivity index (χ1n) is 17.5. The van der Waals surface area contributed by atoms with Crippen LogP contribution in [0.1, 0.15) is 47.3 Å². The molecule has 12 heteroatoms. The van der Waals surface area contributed by atoms with E-state index in [-0.39, 0.29) is 30.6 Å². The minimum atomic E-state index is -0.501. The van der Waals surface area contributed by atoms with Crippen molar-refractivity contribution in [1.29, 1.82) is 0 Å². The van der Waals surface area contributed by atoms with Crippen molar-refractivity contribution in [2.45, 2.75) is 50.5 Å². The molecule has 2 N–H and O–H groups in total. The summed E-state index contributed by atoms with van der Waals surface area (Å²) in [6.07, 6.45) is 8.15. The van der Waals surface area contributed by atoms with Crippen molar-refractivity contribution < 1.29 is 23.8 Å². The summed E-state index contributed by atoms with van der Waals surface area (Å²) in [6, 6.07) is 20.6. The Labute approximate surface area is 304 Å². The van der Waals surface area contributed by atoms with E-state index in [0.29, 0.717) is 53.9 Å². The van der Waals surface area contributed by atoms with Crippen molar-refractivity contribution in [3.63, 3.8) is 0 Å². The van der Waals surface area contributed by atoms with Crippen molar-refractivity contribution in [2.75, 3.05) is 6.61 Å². The highest BCUT2D eigenvalue weighted by Gasteiger charge is 2.38. The van der Waals surface area contributed by atoms with E-state index in [4.69, 9.17) is 14.2 Å². The number of carbonyl (C=O) groups is 2. The first kappa shape index (κ1) is 32.2. The Kier molecular flexibility index (Phi) is 8.15. The van der Waals surface area contributed by atoms with Gasteiger partial charge in [0.1, 0.15) is 36.3 Å². The summed E-state index contributed by atoms with van der Waals surface area (Å²) in [5.74, 6) is 7.17. The second-order valence-corrected chi connectivity index (χ2v) is 13.4. The third-order valence-electron chi connectivity index (χ3n) is 9.87. The molecule has 53 heavy (non-hydrogen) atoms. The number of carbonyl (C=O) groups excluding carboxylic acids is 2. The van der Waals surface area contributed by atoms with Gasteiger partial charge < -0.3 is 29.4 Å². The Bertz CT molecular complexity index is 2460. The quantitative estimate of drug-likeness (QED) is 0.190. The number of hydrogen-bond acceptors (Lipinski definition) is 9. The van der Waals surface area contributed by atoms with Crippen LogP contribution in [0.5, 0.6) is 17.5 Å². The van der Waals surface area contributed by atoms with E-state index in [1.807, 2.05) is 36.7 Å².